The lowest BCUT2D eigenvalue weighted by Gasteiger charge is -2.14. The molecule has 80 valence electrons. The predicted octanol–water partition coefficient (Wildman–Crippen LogP) is 1.94. The molecule has 2 nitrogen and oxygen atoms in total. The van der Waals surface area contributed by atoms with Gasteiger partial charge in [0.25, 0.3) is 0 Å². The van der Waals surface area contributed by atoms with Crippen molar-refractivity contribution in [2.45, 2.75) is 25.9 Å². The average Bonchev–Trinajstić information content (AvgIpc) is 2.01. The first-order valence-corrected chi connectivity index (χ1v) is 4.34. The first-order chi connectivity index (χ1) is 5.99. The summed E-state index contributed by atoms with van der Waals surface area (Å²) in [7, 11) is 0. The van der Waals surface area contributed by atoms with Crippen molar-refractivity contribution in [3.05, 3.63) is 0 Å². The van der Waals surface area contributed by atoms with Gasteiger partial charge in [-0.05, 0) is 18.9 Å². The fraction of sp³-hybridized carbons (Fsp3) is 1.00. The minimum Gasteiger partial charge on any atom is -0.372 e. The van der Waals surface area contributed by atoms with E-state index in [-0.39, 0.29) is 12.5 Å². The van der Waals surface area contributed by atoms with Crippen molar-refractivity contribution in [2.24, 2.45) is 11.7 Å². The molecule has 0 amide bonds. The van der Waals surface area contributed by atoms with Gasteiger partial charge in [0.05, 0.1) is 6.61 Å². The number of halogens is 3. The summed E-state index contributed by atoms with van der Waals surface area (Å²) in [6.07, 6.45) is -2.50. The third kappa shape index (κ3) is 8.05. The maximum absolute atomic E-state index is 11.6. The van der Waals surface area contributed by atoms with Gasteiger partial charge in [-0.1, -0.05) is 13.3 Å². The molecule has 2 N–H and O–H groups in total. The molecule has 0 saturated heterocycles. The summed E-state index contributed by atoms with van der Waals surface area (Å²) >= 11 is 0. The van der Waals surface area contributed by atoms with E-state index >= 15 is 0 Å². The van der Waals surface area contributed by atoms with Crippen LogP contribution in [0.5, 0.6) is 0 Å². The van der Waals surface area contributed by atoms with Gasteiger partial charge in [-0.25, -0.2) is 0 Å². The van der Waals surface area contributed by atoms with Crippen LogP contribution in [0.4, 0.5) is 13.2 Å². The van der Waals surface area contributed by atoms with Crippen LogP contribution >= 0.6 is 0 Å². The number of ether oxygens (including phenoxy) is 1. The zero-order chi connectivity index (χ0) is 10.3. The highest BCUT2D eigenvalue weighted by Gasteiger charge is 2.27. The summed E-state index contributed by atoms with van der Waals surface area (Å²) in [6.45, 7) is 1.27. The quantitative estimate of drug-likeness (QED) is 0.709. The number of nitrogens with two attached hydrogens (primary N) is 1. The van der Waals surface area contributed by atoms with Crippen molar-refractivity contribution in [2.75, 3.05) is 19.8 Å². The Labute approximate surface area is 76.2 Å². The summed E-state index contributed by atoms with van der Waals surface area (Å²) in [5.74, 6) is 0.0485. The zero-order valence-electron chi connectivity index (χ0n) is 7.73. The largest absolute Gasteiger partial charge is 0.411 e. The molecule has 1 atom stereocenters. The van der Waals surface area contributed by atoms with Gasteiger partial charge in [0.2, 0.25) is 0 Å². The van der Waals surface area contributed by atoms with Crippen LogP contribution in [-0.2, 0) is 4.74 Å². The van der Waals surface area contributed by atoms with Gasteiger partial charge in [0.15, 0.2) is 0 Å². The standard InChI is InChI=1S/C8H16F3NO/c1-2-3-7(4-12)5-13-6-8(9,10)11/h7H,2-6,12H2,1H3. The van der Waals surface area contributed by atoms with E-state index in [1.54, 1.807) is 0 Å². The first-order valence-electron chi connectivity index (χ1n) is 4.34. The third-order valence-electron chi connectivity index (χ3n) is 1.65. The monoisotopic (exact) mass is 199 g/mol. The second-order valence-electron chi connectivity index (χ2n) is 3.02. The average molecular weight is 199 g/mol. The molecule has 0 spiro atoms. The molecule has 0 aromatic rings. The molecule has 0 radical (unpaired) electrons. The maximum atomic E-state index is 11.6. The summed E-state index contributed by atoms with van der Waals surface area (Å²) < 4.78 is 39.4. The summed E-state index contributed by atoms with van der Waals surface area (Å²) in [5.41, 5.74) is 5.35. The SMILES string of the molecule is CCCC(CN)COCC(F)(F)F. The van der Waals surface area contributed by atoms with Crippen molar-refractivity contribution in [3.8, 4) is 0 Å². The van der Waals surface area contributed by atoms with Crippen LogP contribution in [0, 0.1) is 5.92 Å². The van der Waals surface area contributed by atoms with Gasteiger partial charge in [-0.2, -0.15) is 13.2 Å². The van der Waals surface area contributed by atoms with Gasteiger partial charge < -0.3 is 10.5 Å². The van der Waals surface area contributed by atoms with Crippen LogP contribution in [0.1, 0.15) is 19.8 Å². The summed E-state index contributed by atoms with van der Waals surface area (Å²) in [4.78, 5) is 0. The number of alkyl halides is 3. The van der Waals surface area contributed by atoms with Crippen LogP contribution in [0.15, 0.2) is 0 Å². The van der Waals surface area contributed by atoms with Gasteiger partial charge >= 0.3 is 6.18 Å². The van der Waals surface area contributed by atoms with Crippen LogP contribution in [0.2, 0.25) is 0 Å². The van der Waals surface area contributed by atoms with Crippen molar-refractivity contribution in [1.82, 2.24) is 0 Å². The van der Waals surface area contributed by atoms with Crippen LogP contribution in [-0.4, -0.2) is 25.9 Å². The Balaban J connectivity index is 3.49. The molecule has 0 rings (SSSR count). The topological polar surface area (TPSA) is 35.2 Å². The first kappa shape index (κ1) is 12.7. The number of hydrogen-bond acceptors (Lipinski definition) is 2. The smallest absolute Gasteiger partial charge is 0.372 e. The molecule has 0 saturated carbocycles. The van der Waals surface area contributed by atoms with Crippen molar-refractivity contribution < 1.29 is 17.9 Å². The van der Waals surface area contributed by atoms with Crippen molar-refractivity contribution in [3.63, 3.8) is 0 Å². The molecule has 0 bridgehead atoms. The predicted molar refractivity (Wildman–Crippen MR) is 44.3 cm³/mol. The van der Waals surface area contributed by atoms with E-state index in [4.69, 9.17) is 5.73 Å². The lowest BCUT2D eigenvalue weighted by molar-refractivity contribution is -0.176. The fourth-order valence-corrected chi connectivity index (χ4v) is 1.02. The van der Waals surface area contributed by atoms with E-state index in [0.29, 0.717) is 6.54 Å². The second kappa shape index (κ2) is 6.21. The Kier molecular flexibility index (Phi) is 6.07. The van der Waals surface area contributed by atoms with E-state index in [1.165, 1.54) is 0 Å². The summed E-state index contributed by atoms with van der Waals surface area (Å²) in [6, 6.07) is 0. The third-order valence-corrected chi connectivity index (χ3v) is 1.65. The van der Waals surface area contributed by atoms with Crippen molar-refractivity contribution >= 4 is 0 Å². The summed E-state index contributed by atoms with van der Waals surface area (Å²) in [5, 5.41) is 0. The Morgan fingerprint density at radius 3 is 2.38 bits per heavy atom. The van der Waals surface area contributed by atoms with E-state index < -0.39 is 12.8 Å². The molecule has 0 aliphatic heterocycles. The molecule has 5 heteroatoms. The molecule has 1 unspecified atom stereocenters. The van der Waals surface area contributed by atoms with E-state index in [0.717, 1.165) is 12.8 Å². The molecular formula is C8H16F3NO. The minimum atomic E-state index is -4.23. The molecule has 0 fully saturated rings. The molecule has 0 aliphatic rings. The Hall–Kier alpha value is -0.290. The van der Waals surface area contributed by atoms with Crippen LogP contribution in [0.3, 0.4) is 0 Å². The van der Waals surface area contributed by atoms with Gasteiger partial charge in [0, 0.05) is 0 Å². The minimum absolute atomic E-state index is 0.0485. The van der Waals surface area contributed by atoms with E-state index in [9.17, 15) is 13.2 Å². The van der Waals surface area contributed by atoms with Crippen LogP contribution in [0.25, 0.3) is 0 Å². The normalized spacial score (nSPS) is 14.5. The molecule has 0 heterocycles. The molecule has 0 aromatic carbocycles. The molecule has 0 aliphatic carbocycles. The lowest BCUT2D eigenvalue weighted by Crippen LogP contribution is -2.24. The fourth-order valence-electron chi connectivity index (χ4n) is 1.02. The van der Waals surface area contributed by atoms with E-state index in [1.807, 2.05) is 6.92 Å². The highest BCUT2D eigenvalue weighted by Crippen LogP contribution is 2.15. The highest BCUT2D eigenvalue weighted by molar-refractivity contribution is 4.58. The van der Waals surface area contributed by atoms with Crippen molar-refractivity contribution in [1.29, 1.82) is 0 Å². The Morgan fingerprint density at radius 1 is 1.38 bits per heavy atom. The van der Waals surface area contributed by atoms with Gasteiger partial charge in [-0.3, -0.25) is 0 Å². The molecule has 13 heavy (non-hydrogen) atoms. The highest BCUT2D eigenvalue weighted by atomic mass is 19.4. The van der Waals surface area contributed by atoms with Crippen LogP contribution < -0.4 is 5.73 Å². The number of rotatable bonds is 6. The maximum Gasteiger partial charge on any atom is 0.411 e. The van der Waals surface area contributed by atoms with E-state index in [2.05, 4.69) is 4.74 Å². The number of hydrogen-bond donors (Lipinski definition) is 1. The second-order valence-corrected chi connectivity index (χ2v) is 3.02. The van der Waals surface area contributed by atoms with Gasteiger partial charge in [0.1, 0.15) is 6.61 Å². The zero-order valence-corrected chi connectivity index (χ0v) is 7.73. The molecule has 0 aromatic heterocycles. The Morgan fingerprint density at radius 2 is 2.00 bits per heavy atom. The van der Waals surface area contributed by atoms with Gasteiger partial charge in [-0.15, -0.1) is 0 Å². The lowest BCUT2D eigenvalue weighted by atomic mass is 10.1. The molecular weight excluding hydrogens is 183 g/mol. The Bertz CT molecular complexity index is 127.